The standard InChI is InChI=1S/C9H7ClOS/c10-9-6(5-11)1-2-8-7(9)3-4-12-8/h3-5H,1-2H2. The van der Waals surface area contributed by atoms with Crippen molar-refractivity contribution in [2.45, 2.75) is 12.8 Å². The van der Waals surface area contributed by atoms with Crippen LogP contribution in [0.1, 0.15) is 16.9 Å². The molecule has 3 heteroatoms. The number of aryl methyl sites for hydroxylation is 1. The molecule has 0 amide bonds. The van der Waals surface area contributed by atoms with Gasteiger partial charge in [-0.25, -0.2) is 0 Å². The molecule has 0 bridgehead atoms. The molecule has 0 saturated heterocycles. The van der Waals surface area contributed by atoms with Gasteiger partial charge in [0, 0.05) is 16.0 Å². The molecule has 0 saturated carbocycles. The van der Waals surface area contributed by atoms with Gasteiger partial charge in [0.25, 0.3) is 0 Å². The summed E-state index contributed by atoms with van der Waals surface area (Å²) in [6.07, 6.45) is 2.61. The van der Waals surface area contributed by atoms with Crippen molar-refractivity contribution in [2.75, 3.05) is 0 Å². The van der Waals surface area contributed by atoms with E-state index in [-0.39, 0.29) is 0 Å². The first-order valence-corrected chi connectivity index (χ1v) is 4.99. The Labute approximate surface area is 79.7 Å². The highest BCUT2D eigenvalue weighted by Crippen LogP contribution is 2.35. The zero-order chi connectivity index (χ0) is 8.55. The van der Waals surface area contributed by atoms with Crippen LogP contribution in [0, 0.1) is 0 Å². The summed E-state index contributed by atoms with van der Waals surface area (Å²) >= 11 is 7.72. The molecule has 0 radical (unpaired) electrons. The number of halogens is 1. The summed E-state index contributed by atoms with van der Waals surface area (Å²) in [4.78, 5) is 11.9. The van der Waals surface area contributed by atoms with Gasteiger partial charge in [0.15, 0.2) is 0 Å². The van der Waals surface area contributed by atoms with Crippen LogP contribution in [0.3, 0.4) is 0 Å². The van der Waals surface area contributed by atoms with E-state index in [1.54, 1.807) is 11.3 Å². The fourth-order valence-electron chi connectivity index (χ4n) is 1.37. The van der Waals surface area contributed by atoms with Gasteiger partial charge in [0.05, 0.1) is 5.03 Å². The Kier molecular flexibility index (Phi) is 2.03. The first-order valence-electron chi connectivity index (χ1n) is 3.73. The lowest BCUT2D eigenvalue weighted by Crippen LogP contribution is -1.99. The van der Waals surface area contributed by atoms with Gasteiger partial charge in [-0.05, 0) is 24.3 Å². The first-order chi connectivity index (χ1) is 5.83. The molecule has 62 valence electrons. The van der Waals surface area contributed by atoms with Gasteiger partial charge in [-0.2, -0.15) is 0 Å². The minimum Gasteiger partial charge on any atom is -0.298 e. The number of aldehydes is 1. The Morgan fingerprint density at radius 1 is 1.50 bits per heavy atom. The number of allylic oxidation sites excluding steroid dienone is 1. The summed E-state index contributed by atoms with van der Waals surface area (Å²) in [5.41, 5.74) is 1.79. The normalized spacial score (nSPS) is 16.1. The van der Waals surface area contributed by atoms with Crippen LogP contribution in [0.4, 0.5) is 0 Å². The maximum absolute atomic E-state index is 10.6. The van der Waals surface area contributed by atoms with Crippen molar-refractivity contribution in [1.29, 1.82) is 0 Å². The number of fused-ring (bicyclic) bond motifs is 1. The second-order valence-corrected chi connectivity index (χ2v) is 4.09. The lowest BCUT2D eigenvalue weighted by molar-refractivity contribution is -0.105. The van der Waals surface area contributed by atoms with Crippen molar-refractivity contribution >= 4 is 34.3 Å². The Balaban J connectivity index is 2.56. The molecule has 1 heterocycles. The molecular formula is C9H7ClOS. The molecular weight excluding hydrogens is 192 g/mol. The molecule has 1 aliphatic carbocycles. The maximum atomic E-state index is 10.6. The van der Waals surface area contributed by atoms with E-state index in [1.165, 1.54) is 4.88 Å². The molecule has 0 fully saturated rings. The SMILES string of the molecule is O=CC1=C(Cl)c2ccsc2CC1. The molecule has 0 spiro atoms. The first kappa shape index (κ1) is 8.02. The van der Waals surface area contributed by atoms with Crippen LogP contribution in [0.2, 0.25) is 0 Å². The Morgan fingerprint density at radius 2 is 2.33 bits per heavy atom. The van der Waals surface area contributed by atoms with Gasteiger partial charge < -0.3 is 0 Å². The van der Waals surface area contributed by atoms with Gasteiger partial charge in [0.1, 0.15) is 6.29 Å². The summed E-state index contributed by atoms with van der Waals surface area (Å²) in [6, 6.07) is 1.98. The minimum absolute atomic E-state index is 0.646. The van der Waals surface area contributed by atoms with Crippen molar-refractivity contribution in [3.8, 4) is 0 Å². The average Bonchev–Trinajstić information content (AvgIpc) is 2.53. The van der Waals surface area contributed by atoms with Gasteiger partial charge in [-0.3, -0.25) is 4.79 Å². The van der Waals surface area contributed by atoms with Gasteiger partial charge in [-0.1, -0.05) is 11.6 Å². The second kappa shape index (κ2) is 3.04. The second-order valence-electron chi connectivity index (χ2n) is 2.71. The van der Waals surface area contributed by atoms with Crippen LogP contribution >= 0.6 is 22.9 Å². The predicted molar refractivity (Wildman–Crippen MR) is 51.5 cm³/mol. The van der Waals surface area contributed by atoms with E-state index in [9.17, 15) is 4.79 Å². The third kappa shape index (κ3) is 1.11. The van der Waals surface area contributed by atoms with Crippen LogP contribution in [-0.4, -0.2) is 6.29 Å². The summed E-state index contributed by atoms with van der Waals surface area (Å²) in [7, 11) is 0. The molecule has 2 rings (SSSR count). The molecule has 1 nitrogen and oxygen atoms in total. The van der Waals surface area contributed by atoms with Gasteiger partial charge >= 0.3 is 0 Å². The Bertz CT molecular complexity index is 351. The molecule has 0 unspecified atom stereocenters. The maximum Gasteiger partial charge on any atom is 0.147 e. The largest absolute Gasteiger partial charge is 0.298 e. The van der Waals surface area contributed by atoms with E-state index in [4.69, 9.17) is 11.6 Å². The van der Waals surface area contributed by atoms with Gasteiger partial charge in [0.2, 0.25) is 0 Å². The Morgan fingerprint density at radius 3 is 3.08 bits per heavy atom. The summed E-state index contributed by atoms with van der Waals surface area (Å²) in [5, 5.41) is 2.66. The molecule has 0 aliphatic heterocycles. The highest BCUT2D eigenvalue weighted by molar-refractivity contribution is 7.10. The van der Waals surface area contributed by atoms with E-state index < -0.39 is 0 Å². The predicted octanol–water partition coefficient (Wildman–Crippen LogP) is 2.84. The van der Waals surface area contributed by atoms with E-state index in [1.807, 2.05) is 11.4 Å². The fourth-order valence-corrected chi connectivity index (χ4v) is 2.63. The molecule has 1 aromatic heterocycles. The van der Waals surface area contributed by atoms with E-state index >= 15 is 0 Å². The highest BCUT2D eigenvalue weighted by Gasteiger charge is 2.17. The lowest BCUT2D eigenvalue weighted by atomic mass is 10.00. The van der Waals surface area contributed by atoms with Crippen LogP contribution in [0.15, 0.2) is 17.0 Å². The number of hydrogen-bond acceptors (Lipinski definition) is 2. The van der Waals surface area contributed by atoms with Crippen LogP contribution in [-0.2, 0) is 11.2 Å². The number of rotatable bonds is 1. The van der Waals surface area contributed by atoms with Crippen LogP contribution < -0.4 is 0 Å². The monoisotopic (exact) mass is 198 g/mol. The van der Waals surface area contributed by atoms with E-state index in [0.717, 1.165) is 30.3 Å². The van der Waals surface area contributed by atoms with Crippen LogP contribution in [0.5, 0.6) is 0 Å². The zero-order valence-corrected chi connectivity index (χ0v) is 7.91. The summed E-state index contributed by atoms with van der Waals surface area (Å²) in [5.74, 6) is 0. The van der Waals surface area contributed by atoms with Crippen LogP contribution in [0.25, 0.3) is 5.03 Å². The zero-order valence-electron chi connectivity index (χ0n) is 6.34. The van der Waals surface area contributed by atoms with Gasteiger partial charge in [-0.15, -0.1) is 11.3 Å². The van der Waals surface area contributed by atoms with Crippen molar-refractivity contribution in [2.24, 2.45) is 0 Å². The van der Waals surface area contributed by atoms with Crippen molar-refractivity contribution in [3.05, 3.63) is 27.5 Å². The fraction of sp³-hybridized carbons (Fsp3) is 0.222. The topological polar surface area (TPSA) is 17.1 Å². The lowest BCUT2D eigenvalue weighted by Gasteiger charge is -2.11. The van der Waals surface area contributed by atoms with E-state index in [2.05, 4.69) is 0 Å². The number of carbonyl (C=O) groups is 1. The molecule has 12 heavy (non-hydrogen) atoms. The average molecular weight is 199 g/mol. The number of hydrogen-bond donors (Lipinski definition) is 0. The summed E-state index contributed by atoms with van der Waals surface area (Å²) in [6.45, 7) is 0. The van der Waals surface area contributed by atoms with Crippen molar-refractivity contribution < 1.29 is 4.79 Å². The molecule has 1 aromatic rings. The number of thiophene rings is 1. The highest BCUT2D eigenvalue weighted by atomic mass is 35.5. The minimum atomic E-state index is 0.646. The molecule has 0 N–H and O–H groups in total. The molecule has 1 aliphatic rings. The third-order valence-corrected chi connectivity index (χ3v) is 3.45. The smallest absolute Gasteiger partial charge is 0.147 e. The molecule has 0 atom stereocenters. The number of carbonyl (C=O) groups excluding carboxylic acids is 1. The van der Waals surface area contributed by atoms with E-state index in [0.29, 0.717) is 5.03 Å². The van der Waals surface area contributed by atoms with Crippen molar-refractivity contribution in [1.82, 2.24) is 0 Å². The Hall–Kier alpha value is -0.600. The summed E-state index contributed by atoms with van der Waals surface area (Å²) < 4.78 is 0. The molecule has 0 aromatic carbocycles. The van der Waals surface area contributed by atoms with Crippen molar-refractivity contribution in [3.63, 3.8) is 0 Å². The quantitative estimate of drug-likeness (QED) is 0.635. The third-order valence-electron chi connectivity index (χ3n) is 2.03.